The molecule has 50 valence electrons. The summed E-state index contributed by atoms with van der Waals surface area (Å²) in [5.41, 5.74) is 1.94. The Morgan fingerprint density at radius 1 is 1.70 bits per heavy atom. The van der Waals surface area contributed by atoms with Gasteiger partial charge in [0.1, 0.15) is 0 Å². The van der Waals surface area contributed by atoms with Gasteiger partial charge in [0.2, 0.25) is 0 Å². The van der Waals surface area contributed by atoms with Crippen LogP contribution in [0.1, 0.15) is 17.7 Å². The van der Waals surface area contributed by atoms with Crippen LogP contribution in [-0.2, 0) is 5.41 Å². The molecule has 10 heavy (non-hydrogen) atoms. The zero-order valence-corrected chi connectivity index (χ0v) is 6.32. The highest BCUT2D eigenvalue weighted by Crippen LogP contribution is 2.48. The topological polar surface area (TPSA) is 12.9 Å². The summed E-state index contributed by atoms with van der Waals surface area (Å²) in [6.07, 6.45) is 9.56. The van der Waals surface area contributed by atoms with E-state index in [-0.39, 0.29) is 5.41 Å². The summed E-state index contributed by atoms with van der Waals surface area (Å²) in [7, 11) is 0. The Bertz CT molecular complexity index is 264. The average Bonchev–Trinajstić information content (AvgIpc) is 2.58. The fraction of sp³-hybridized carbons (Fsp3) is 0.375. The number of thiazole rings is 1. The third-order valence-corrected chi connectivity index (χ3v) is 2.91. The number of nitrogens with zero attached hydrogens (tertiary/aromatic N) is 1. The summed E-state index contributed by atoms with van der Waals surface area (Å²) < 4.78 is 0. The second-order valence-corrected chi connectivity index (χ2v) is 3.48. The molecule has 1 heterocycles. The summed E-state index contributed by atoms with van der Waals surface area (Å²) in [5, 5.41) is 0. The SMILES string of the molecule is C#CC1(c2cncs2)CC1. The molecule has 1 aliphatic carbocycles. The fourth-order valence-electron chi connectivity index (χ4n) is 1.04. The zero-order chi connectivity index (χ0) is 7.03. The number of hydrogen-bond donors (Lipinski definition) is 0. The Morgan fingerprint density at radius 2 is 2.50 bits per heavy atom. The Morgan fingerprint density at radius 3 is 2.90 bits per heavy atom. The Balaban J connectivity index is 2.38. The third kappa shape index (κ3) is 0.676. The van der Waals surface area contributed by atoms with Gasteiger partial charge in [0.05, 0.1) is 10.9 Å². The molecule has 2 heteroatoms. The van der Waals surface area contributed by atoms with Crippen LogP contribution < -0.4 is 0 Å². The molecule has 0 bridgehead atoms. The van der Waals surface area contributed by atoms with Crippen molar-refractivity contribution in [1.82, 2.24) is 4.98 Å². The van der Waals surface area contributed by atoms with Crippen LogP contribution in [0, 0.1) is 12.3 Å². The van der Waals surface area contributed by atoms with Crippen molar-refractivity contribution in [2.24, 2.45) is 0 Å². The zero-order valence-electron chi connectivity index (χ0n) is 5.50. The van der Waals surface area contributed by atoms with Gasteiger partial charge < -0.3 is 0 Å². The Hall–Kier alpha value is -0.810. The summed E-state index contributed by atoms with van der Waals surface area (Å²) in [6, 6.07) is 0. The highest BCUT2D eigenvalue weighted by molar-refractivity contribution is 7.09. The van der Waals surface area contributed by atoms with Gasteiger partial charge in [0.15, 0.2) is 0 Å². The molecule has 2 rings (SSSR count). The fourth-order valence-corrected chi connectivity index (χ4v) is 1.88. The van der Waals surface area contributed by atoms with Crippen molar-refractivity contribution in [3.8, 4) is 12.3 Å². The van der Waals surface area contributed by atoms with Gasteiger partial charge in [-0.05, 0) is 12.8 Å². The molecule has 0 radical (unpaired) electrons. The van der Waals surface area contributed by atoms with Crippen LogP contribution in [0.4, 0.5) is 0 Å². The highest BCUT2D eigenvalue weighted by Gasteiger charge is 2.43. The molecule has 0 saturated heterocycles. The van der Waals surface area contributed by atoms with E-state index in [1.165, 1.54) is 4.88 Å². The summed E-state index contributed by atoms with van der Waals surface area (Å²) in [6.45, 7) is 0. The van der Waals surface area contributed by atoms with Crippen LogP contribution in [0.15, 0.2) is 11.7 Å². The monoisotopic (exact) mass is 149 g/mol. The maximum atomic E-state index is 5.39. The van der Waals surface area contributed by atoms with Crippen LogP contribution in [0.5, 0.6) is 0 Å². The van der Waals surface area contributed by atoms with Gasteiger partial charge in [-0.2, -0.15) is 0 Å². The predicted octanol–water partition coefficient (Wildman–Crippen LogP) is 1.81. The first-order valence-electron chi connectivity index (χ1n) is 3.24. The summed E-state index contributed by atoms with van der Waals surface area (Å²) in [4.78, 5) is 5.26. The molecule has 0 unspecified atom stereocenters. The van der Waals surface area contributed by atoms with E-state index in [0.29, 0.717) is 0 Å². The van der Waals surface area contributed by atoms with Gasteiger partial charge in [0, 0.05) is 11.1 Å². The minimum Gasteiger partial charge on any atom is -0.253 e. The van der Waals surface area contributed by atoms with E-state index in [1.54, 1.807) is 11.3 Å². The molecule has 1 aromatic rings. The number of hydrogen-bond acceptors (Lipinski definition) is 2. The first-order valence-corrected chi connectivity index (χ1v) is 4.12. The summed E-state index contributed by atoms with van der Waals surface area (Å²) in [5.74, 6) is 2.83. The van der Waals surface area contributed by atoms with E-state index in [1.807, 2.05) is 11.7 Å². The Kier molecular flexibility index (Phi) is 1.09. The second kappa shape index (κ2) is 1.83. The van der Waals surface area contributed by atoms with Crippen molar-refractivity contribution in [3.63, 3.8) is 0 Å². The van der Waals surface area contributed by atoms with Crippen LogP contribution >= 0.6 is 11.3 Å². The first-order chi connectivity index (χ1) is 4.87. The van der Waals surface area contributed by atoms with Gasteiger partial charge in [-0.1, -0.05) is 5.92 Å². The van der Waals surface area contributed by atoms with Crippen LogP contribution in [0.25, 0.3) is 0 Å². The molecule has 1 aliphatic rings. The molecule has 0 aliphatic heterocycles. The molecule has 1 nitrogen and oxygen atoms in total. The highest BCUT2D eigenvalue weighted by atomic mass is 32.1. The minimum atomic E-state index is 0.0984. The lowest BCUT2D eigenvalue weighted by Crippen LogP contribution is -1.97. The first kappa shape index (κ1) is 5.94. The Labute approximate surface area is 64.1 Å². The predicted molar refractivity (Wildman–Crippen MR) is 41.9 cm³/mol. The lowest BCUT2D eigenvalue weighted by Gasteiger charge is -1.99. The van der Waals surface area contributed by atoms with Crippen LogP contribution in [-0.4, -0.2) is 4.98 Å². The van der Waals surface area contributed by atoms with E-state index in [9.17, 15) is 0 Å². The van der Waals surface area contributed by atoms with E-state index in [2.05, 4.69) is 10.9 Å². The van der Waals surface area contributed by atoms with Gasteiger partial charge in [-0.3, -0.25) is 4.98 Å². The molecule has 1 saturated carbocycles. The van der Waals surface area contributed by atoms with Gasteiger partial charge >= 0.3 is 0 Å². The second-order valence-electron chi connectivity index (χ2n) is 2.59. The van der Waals surface area contributed by atoms with E-state index in [4.69, 9.17) is 6.42 Å². The minimum absolute atomic E-state index is 0.0984. The van der Waals surface area contributed by atoms with Crippen molar-refractivity contribution in [2.75, 3.05) is 0 Å². The molecule has 0 spiro atoms. The maximum absolute atomic E-state index is 5.39. The molecular weight excluding hydrogens is 142 g/mol. The van der Waals surface area contributed by atoms with E-state index in [0.717, 1.165) is 12.8 Å². The normalized spacial score (nSPS) is 19.9. The average molecular weight is 149 g/mol. The maximum Gasteiger partial charge on any atom is 0.0794 e. The largest absolute Gasteiger partial charge is 0.253 e. The van der Waals surface area contributed by atoms with Crippen molar-refractivity contribution < 1.29 is 0 Å². The van der Waals surface area contributed by atoms with Crippen LogP contribution in [0.2, 0.25) is 0 Å². The lowest BCUT2D eigenvalue weighted by molar-refractivity contribution is 0.955. The van der Waals surface area contributed by atoms with E-state index < -0.39 is 0 Å². The van der Waals surface area contributed by atoms with Gasteiger partial charge in [0.25, 0.3) is 0 Å². The molecule has 0 atom stereocenters. The van der Waals surface area contributed by atoms with Crippen molar-refractivity contribution >= 4 is 11.3 Å². The van der Waals surface area contributed by atoms with Gasteiger partial charge in [-0.15, -0.1) is 17.8 Å². The van der Waals surface area contributed by atoms with Crippen molar-refractivity contribution in [1.29, 1.82) is 0 Å². The molecule has 0 N–H and O–H groups in total. The molecule has 1 fully saturated rings. The number of rotatable bonds is 1. The smallest absolute Gasteiger partial charge is 0.0794 e. The lowest BCUT2D eigenvalue weighted by atomic mass is 10.1. The van der Waals surface area contributed by atoms with Crippen LogP contribution in [0.3, 0.4) is 0 Å². The summed E-state index contributed by atoms with van der Waals surface area (Å²) >= 11 is 1.66. The van der Waals surface area contributed by atoms with Crippen molar-refractivity contribution in [3.05, 3.63) is 16.6 Å². The number of terminal acetylenes is 1. The standard InChI is InChI=1S/C8H7NS/c1-2-8(3-4-8)7-5-9-6-10-7/h1,5-6H,3-4H2. The number of aromatic nitrogens is 1. The van der Waals surface area contributed by atoms with E-state index >= 15 is 0 Å². The molecule has 0 amide bonds. The molecule has 1 aromatic heterocycles. The third-order valence-electron chi connectivity index (χ3n) is 1.93. The molecule has 0 aromatic carbocycles. The quantitative estimate of drug-likeness (QED) is 0.555. The van der Waals surface area contributed by atoms with Gasteiger partial charge in [-0.25, -0.2) is 0 Å². The molecular formula is C8H7NS. The van der Waals surface area contributed by atoms with Crippen molar-refractivity contribution in [2.45, 2.75) is 18.3 Å².